The molecule has 0 spiro atoms. The van der Waals surface area contributed by atoms with E-state index < -0.39 is 5.97 Å². The molecule has 0 unspecified atom stereocenters. The second kappa shape index (κ2) is 5.96. The molecule has 0 amide bonds. The number of hydrogen-bond donors (Lipinski definition) is 1. The minimum atomic E-state index is -0.739. The Labute approximate surface area is 106 Å². The number of carboxylic acids is 1. The third kappa shape index (κ3) is 3.81. The van der Waals surface area contributed by atoms with Gasteiger partial charge in [-0.2, -0.15) is 0 Å². The number of carbonyl (C=O) groups is 1. The highest BCUT2D eigenvalue weighted by Crippen LogP contribution is 2.21. The summed E-state index contributed by atoms with van der Waals surface area (Å²) in [6, 6.07) is 6.64. The summed E-state index contributed by atoms with van der Waals surface area (Å²) < 4.78 is 12.8. The maximum atomic E-state index is 12.8. The molecule has 1 aromatic rings. The van der Waals surface area contributed by atoms with Crippen LogP contribution in [0.15, 0.2) is 24.3 Å². The maximum Gasteiger partial charge on any atom is 0.304 e. The molecule has 1 aliphatic heterocycles. The number of benzene rings is 1. The van der Waals surface area contributed by atoms with E-state index in [1.54, 1.807) is 0 Å². The Balaban J connectivity index is 1.78. The van der Waals surface area contributed by atoms with Gasteiger partial charge in [-0.05, 0) is 43.0 Å². The van der Waals surface area contributed by atoms with Crippen LogP contribution in [0.5, 0.6) is 0 Å². The number of aliphatic carboxylic acids is 1. The van der Waals surface area contributed by atoms with Crippen molar-refractivity contribution in [3.8, 4) is 0 Å². The zero-order valence-corrected chi connectivity index (χ0v) is 10.3. The number of rotatable bonds is 5. The molecule has 0 bridgehead atoms. The lowest BCUT2D eigenvalue weighted by atomic mass is 9.99. The topological polar surface area (TPSA) is 40.5 Å². The van der Waals surface area contributed by atoms with Crippen LogP contribution in [0.2, 0.25) is 0 Å². The molecule has 4 heteroatoms. The molecule has 98 valence electrons. The molecule has 1 N–H and O–H groups in total. The van der Waals surface area contributed by atoms with Crippen molar-refractivity contribution in [3.63, 3.8) is 0 Å². The molecule has 2 rings (SSSR count). The summed E-state index contributed by atoms with van der Waals surface area (Å²) in [5.41, 5.74) is 1.15. The van der Waals surface area contributed by atoms with E-state index in [1.165, 1.54) is 12.1 Å². The Morgan fingerprint density at radius 2 is 2.11 bits per heavy atom. The van der Waals surface area contributed by atoms with E-state index in [2.05, 4.69) is 4.90 Å². The Hall–Kier alpha value is -1.42. The Morgan fingerprint density at radius 3 is 2.78 bits per heavy atom. The van der Waals surface area contributed by atoms with E-state index in [4.69, 9.17) is 5.11 Å². The summed E-state index contributed by atoms with van der Waals surface area (Å²) in [5, 5.41) is 8.64. The van der Waals surface area contributed by atoms with Crippen LogP contribution in [0.25, 0.3) is 0 Å². The minimum Gasteiger partial charge on any atom is -0.481 e. The average molecular weight is 251 g/mol. The molecule has 1 atom stereocenters. The van der Waals surface area contributed by atoms with Gasteiger partial charge in [0.05, 0.1) is 6.42 Å². The number of likely N-dealkylation sites (tertiary alicyclic amines) is 1. The van der Waals surface area contributed by atoms with Crippen molar-refractivity contribution < 1.29 is 14.3 Å². The van der Waals surface area contributed by atoms with E-state index >= 15 is 0 Å². The monoisotopic (exact) mass is 251 g/mol. The van der Waals surface area contributed by atoms with Crippen molar-refractivity contribution >= 4 is 5.97 Å². The second-order valence-corrected chi connectivity index (χ2v) is 4.93. The highest BCUT2D eigenvalue weighted by molar-refractivity contribution is 5.66. The van der Waals surface area contributed by atoms with Crippen LogP contribution < -0.4 is 0 Å². The molecule has 0 radical (unpaired) electrons. The van der Waals surface area contributed by atoms with Crippen molar-refractivity contribution in [2.75, 3.05) is 19.6 Å². The smallest absolute Gasteiger partial charge is 0.304 e. The first kappa shape index (κ1) is 13.0. The quantitative estimate of drug-likeness (QED) is 0.872. The van der Waals surface area contributed by atoms with Gasteiger partial charge in [0.1, 0.15) is 5.82 Å². The Bertz CT molecular complexity index is 405. The van der Waals surface area contributed by atoms with E-state index in [0.29, 0.717) is 12.5 Å². The molecule has 1 aromatic carbocycles. The fraction of sp³-hybridized carbons (Fsp3) is 0.500. The van der Waals surface area contributed by atoms with Crippen LogP contribution in [0.1, 0.15) is 18.4 Å². The molecular weight excluding hydrogens is 233 g/mol. The molecule has 3 nitrogen and oxygen atoms in total. The van der Waals surface area contributed by atoms with Gasteiger partial charge in [0.15, 0.2) is 0 Å². The van der Waals surface area contributed by atoms with Crippen molar-refractivity contribution in [3.05, 3.63) is 35.6 Å². The van der Waals surface area contributed by atoms with Crippen molar-refractivity contribution in [1.29, 1.82) is 0 Å². The fourth-order valence-electron chi connectivity index (χ4n) is 2.49. The third-order valence-corrected chi connectivity index (χ3v) is 3.45. The lowest BCUT2D eigenvalue weighted by Crippen LogP contribution is -2.24. The van der Waals surface area contributed by atoms with Crippen LogP contribution in [0.3, 0.4) is 0 Å². The van der Waals surface area contributed by atoms with Gasteiger partial charge in [0.2, 0.25) is 0 Å². The number of nitrogens with zero attached hydrogens (tertiary/aromatic N) is 1. The van der Waals surface area contributed by atoms with Gasteiger partial charge in [-0.15, -0.1) is 0 Å². The first-order valence-electron chi connectivity index (χ1n) is 6.32. The molecule has 1 aliphatic rings. The Morgan fingerprint density at radius 1 is 1.39 bits per heavy atom. The summed E-state index contributed by atoms with van der Waals surface area (Å²) in [4.78, 5) is 12.7. The summed E-state index contributed by atoms with van der Waals surface area (Å²) in [6.45, 7) is 2.55. The molecule has 18 heavy (non-hydrogen) atoms. The molecule has 0 aromatic heterocycles. The molecule has 0 aliphatic carbocycles. The lowest BCUT2D eigenvalue weighted by Gasteiger charge is -2.14. The standard InChI is InChI=1S/C14H18FNO2/c15-13-3-1-11(2-4-13)9-12-5-7-16(10-12)8-6-14(17)18/h1-4,12H,5-10H2,(H,17,18)/t12-/m0/s1. The summed E-state index contributed by atoms with van der Waals surface area (Å²) in [5.74, 6) is -0.380. The summed E-state index contributed by atoms with van der Waals surface area (Å²) in [7, 11) is 0. The average Bonchev–Trinajstić information content (AvgIpc) is 2.77. The van der Waals surface area contributed by atoms with E-state index in [-0.39, 0.29) is 12.2 Å². The maximum absolute atomic E-state index is 12.8. The second-order valence-electron chi connectivity index (χ2n) is 4.93. The van der Waals surface area contributed by atoms with Crippen LogP contribution in [-0.2, 0) is 11.2 Å². The number of carboxylic acid groups (broad SMARTS) is 1. The first-order chi connectivity index (χ1) is 8.63. The highest BCUT2D eigenvalue weighted by atomic mass is 19.1. The van der Waals surface area contributed by atoms with Gasteiger partial charge in [-0.25, -0.2) is 4.39 Å². The lowest BCUT2D eigenvalue weighted by molar-refractivity contribution is -0.137. The summed E-state index contributed by atoms with van der Waals surface area (Å²) >= 11 is 0. The van der Waals surface area contributed by atoms with Gasteiger partial charge in [0.25, 0.3) is 0 Å². The number of halogens is 1. The van der Waals surface area contributed by atoms with Crippen molar-refractivity contribution in [2.24, 2.45) is 5.92 Å². The SMILES string of the molecule is O=C(O)CCN1CC[C@@H](Cc2ccc(F)cc2)C1. The van der Waals surface area contributed by atoms with Crippen LogP contribution >= 0.6 is 0 Å². The molecule has 1 fully saturated rings. The largest absolute Gasteiger partial charge is 0.481 e. The molecule has 0 saturated carbocycles. The van der Waals surface area contributed by atoms with Gasteiger partial charge in [-0.1, -0.05) is 12.1 Å². The van der Waals surface area contributed by atoms with E-state index in [1.807, 2.05) is 12.1 Å². The highest BCUT2D eigenvalue weighted by Gasteiger charge is 2.22. The number of hydrogen-bond acceptors (Lipinski definition) is 2. The molecular formula is C14H18FNO2. The van der Waals surface area contributed by atoms with Crippen LogP contribution in [0.4, 0.5) is 4.39 Å². The van der Waals surface area contributed by atoms with Gasteiger partial charge < -0.3 is 10.0 Å². The van der Waals surface area contributed by atoms with Gasteiger partial charge in [0, 0.05) is 13.1 Å². The molecule has 1 heterocycles. The predicted octanol–water partition coefficient (Wildman–Crippen LogP) is 2.16. The van der Waals surface area contributed by atoms with Crippen molar-refractivity contribution in [1.82, 2.24) is 4.90 Å². The van der Waals surface area contributed by atoms with Gasteiger partial charge in [-0.3, -0.25) is 4.79 Å². The first-order valence-corrected chi connectivity index (χ1v) is 6.32. The molecule has 1 saturated heterocycles. The zero-order chi connectivity index (χ0) is 13.0. The predicted molar refractivity (Wildman–Crippen MR) is 66.9 cm³/mol. The van der Waals surface area contributed by atoms with E-state index in [0.717, 1.165) is 31.5 Å². The van der Waals surface area contributed by atoms with E-state index in [9.17, 15) is 9.18 Å². The minimum absolute atomic E-state index is 0.201. The Kier molecular flexibility index (Phi) is 4.31. The van der Waals surface area contributed by atoms with Crippen molar-refractivity contribution in [2.45, 2.75) is 19.3 Å². The fourth-order valence-corrected chi connectivity index (χ4v) is 2.49. The summed E-state index contributed by atoms with van der Waals surface area (Å²) in [6.07, 6.45) is 2.25. The van der Waals surface area contributed by atoms with Crippen LogP contribution in [-0.4, -0.2) is 35.6 Å². The third-order valence-electron chi connectivity index (χ3n) is 3.45. The zero-order valence-electron chi connectivity index (χ0n) is 10.3. The normalized spacial score (nSPS) is 20.2. The van der Waals surface area contributed by atoms with Gasteiger partial charge >= 0.3 is 5.97 Å². The van der Waals surface area contributed by atoms with Crippen LogP contribution in [0, 0.1) is 11.7 Å².